The van der Waals surface area contributed by atoms with Gasteiger partial charge in [0, 0.05) is 6.04 Å². The Balaban J connectivity index is 3.57. The van der Waals surface area contributed by atoms with Gasteiger partial charge in [-0.05, 0) is 25.1 Å². The smallest absolute Gasteiger partial charge is 0.313 e. The number of benzene rings is 1. The van der Waals surface area contributed by atoms with Gasteiger partial charge in [0.05, 0.1) is 11.1 Å². The van der Waals surface area contributed by atoms with Crippen LogP contribution in [0.25, 0.3) is 0 Å². The lowest BCUT2D eigenvalue weighted by Gasteiger charge is -2.23. The molecule has 1 unspecified atom stereocenters. The molecule has 0 saturated carbocycles. The normalized spacial score (nSPS) is 14.5. The molecule has 0 aliphatic carbocycles. The Hall–Kier alpha value is -1.24. The zero-order valence-corrected chi connectivity index (χ0v) is 10.3. The zero-order valence-electron chi connectivity index (χ0n) is 10.3. The van der Waals surface area contributed by atoms with Crippen molar-refractivity contribution in [2.75, 3.05) is 7.05 Å². The first-order valence-corrected chi connectivity index (χ1v) is 5.57. The van der Waals surface area contributed by atoms with Crippen LogP contribution in [0.15, 0.2) is 18.2 Å². The summed E-state index contributed by atoms with van der Waals surface area (Å²) in [5.41, 5.74) is -3.64. The van der Waals surface area contributed by atoms with Crippen molar-refractivity contribution in [2.45, 2.75) is 31.7 Å². The minimum atomic E-state index is -5.05. The Kier molecular flexibility index (Phi) is 4.50. The third-order valence-electron chi connectivity index (χ3n) is 2.82. The largest absolute Gasteiger partial charge is 0.417 e. The van der Waals surface area contributed by atoms with E-state index in [4.69, 9.17) is 0 Å². The fraction of sp³-hybridized carbons (Fsp3) is 0.500. The average Bonchev–Trinajstić information content (AvgIpc) is 2.28. The summed E-state index contributed by atoms with van der Waals surface area (Å²) >= 11 is 0. The first-order valence-electron chi connectivity index (χ1n) is 5.57. The van der Waals surface area contributed by atoms with Gasteiger partial charge in [-0.2, -0.15) is 26.3 Å². The first kappa shape index (κ1) is 15.8. The molecule has 1 aromatic rings. The maximum Gasteiger partial charge on any atom is 0.417 e. The molecule has 0 spiro atoms. The summed E-state index contributed by atoms with van der Waals surface area (Å²) in [5.74, 6) is 0. The minimum absolute atomic E-state index is 0.251. The Morgan fingerprint density at radius 1 is 1.05 bits per heavy atom. The second-order valence-electron chi connectivity index (χ2n) is 4.01. The molecule has 0 fully saturated rings. The van der Waals surface area contributed by atoms with Crippen molar-refractivity contribution in [3.63, 3.8) is 0 Å². The van der Waals surface area contributed by atoms with Gasteiger partial charge in [0.2, 0.25) is 0 Å². The lowest BCUT2D eigenvalue weighted by atomic mass is 9.93. The molecule has 7 heteroatoms. The molecule has 0 radical (unpaired) electrons. The van der Waals surface area contributed by atoms with Gasteiger partial charge in [-0.3, -0.25) is 0 Å². The molecule has 0 amide bonds. The van der Waals surface area contributed by atoms with Crippen molar-refractivity contribution in [3.8, 4) is 0 Å². The summed E-state index contributed by atoms with van der Waals surface area (Å²) in [5, 5.41) is 2.59. The van der Waals surface area contributed by atoms with Gasteiger partial charge in [-0.1, -0.05) is 19.1 Å². The third-order valence-corrected chi connectivity index (χ3v) is 2.82. The first-order chi connectivity index (χ1) is 8.62. The highest BCUT2D eigenvalue weighted by atomic mass is 19.4. The summed E-state index contributed by atoms with van der Waals surface area (Å²) in [6.07, 6.45) is -9.83. The Morgan fingerprint density at radius 2 is 1.63 bits per heavy atom. The van der Waals surface area contributed by atoms with Crippen LogP contribution < -0.4 is 5.32 Å². The van der Waals surface area contributed by atoms with E-state index in [-0.39, 0.29) is 12.0 Å². The molecule has 0 aromatic heterocycles. The van der Waals surface area contributed by atoms with Gasteiger partial charge in [0.1, 0.15) is 0 Å². The SMILES string of the molecule is CCC(NC)c1cccc(C(F)(F)F)c1C(F)(F)F. The fourth-order valence-corrected chi connectivity index (χ4v) is 1.99. The summed E-state index contributed by atoms with van der Waals surface area (Å²) in [6.45, 7) is 1.60. The Morgan fingerprint density at radius 3 is 2.00 bits per heavy atom. The molecular formula is C12H13F6N. The van der Waals surface area contributed by atoms with Gasteiger partial charge in [-0.25, -0.2) is 0 Å². The van der Waals surface area contributed by atoms with E-state index < -0.39 is 29.5 Å². The van der Waals surface area contributed by atoms with Crippen molar-refractivity contribution in [2.24, 2.45) is 0 Å². The predicted octanol–water partition coefficient (Wildman–Crippen LogP) is 4.39. The van der Waals surface area contributed by atoms with Gasteiger partial charge >= 0.3 is 12.4 Å². The van der Waals surface area contributed by atoms with E-state index in [1.165, 1.54) is 7.05 Å². The van der Waals surface area contributed by atoms with Gasteiger partial charge in [0.25, 0.3) is 0 Å². The van der Waals surface area contributed by atoms with E-state index >= 15 is 0 Å². The van der Waals surface area contributed by atoms with E-state index in [1.54, 1.807) is 6.92 Å². The van der Waals surface area contributed by atoms with Crippen molar-refractivity contribution in [1.82, 2.24) is 5.32 Å². The average molecular weight is 285 g/mol. The maximum atomic E-state index is 12.9. The maximum absolute atomic E-state index is 12.9. The molecule has 1 aromatic carbocycles. The number of hydrogen-bond donors (Lipinski definition) is 1. The molecule has 1 N–H and O–H groups in total. The fourth-order valence-electron chi connectivity index (χ4n) is 1.99. The van der Waals surface area contributed by atoms with Gasteiger partial charge in [-0.15, -0.1) is 0 Å². The second-order valence-corrected chi connectivity index (χ2v) is 4.01. The van der Waals surface area contributed by atoms with Gasteiger partial charge in [0.15, 0.2) is 0 Å². The van der Waals surface area contributed by atoms with Crippen molar-refractivity contribution in [1.29, 1.82) is 0 Å². The van der Waals surface area contributed by atoms with Crippen LogP contribution in [0, 0.1) is 0 Å². The highest BCUT2D eigenvalue weighted by Crippen LogP contribution is 2.43. The third kappa shape index (κ3) is 3.40. The molecule has 1 atom stereocenters. The van der Waals surface area contributed by atoms with E-state index in [0.29, 0.717) is 6.07 Å². The molecule has 1 nitrogen and oxygen atoms in total. The molecule has 0 aliphatic heterocycles. The second kappa shape index (κ2) is 5.40. The standard InChI is InChI=1S/C12H13F6N/c1-3-9(19-2)7-5-4-6-8(11(13,14)15)10(7)12(16,17)18/h4-6,9,19H,3H2,1-2H3. The van der Waals surface area contributed by atoms with Gasteiger partial charge < -0.3 is 5.32 Å². The zero-order chi connectivity index (χ0) is 14.8. The molecule has 0 heterocycles. The summed E-state index contributed by atoms with van der Waals surface area (Å²) in [6, 6.07) is 1.74. The van der Waals surface area contributed by atoms with E-state index in [0.717, 1.165) is 12.1 Å². The van der Waals surface area contributed by atoms with E-state index in [2.05, 4.69) is 5.32 Å². The Labute approximate surface area is 106 Å². The highest BCUT2D eigenvalue weighted by Gasteiger charge is 2.45. The number of nitrogens with one attached hydrogen (secondary N) is 1. The topological polar surface area (TPSA) is 12.0 Å². The van der Waals surface area contributed by atoms with Crippen molar-refractivity contribution >= 4 is 0 Å². The van der Waals surface area contributed by atoms with Crippen LogP contribution in [-0.2, 0) is 12.4 Å². The molecular weight excluding hydrogens is 272 g/mol. The number of rotatable bonds is 3. The molecule has 0 bridgehead atoms. The molecule has 108 valence electrons. The van der Waals surface area contributed by atoms with E-state index in [9.17, 15) is 26.3 Å². The molecule has 0 saturated heterocycles. The molecule has 19 heavy (non-hydrogen) atoms. The molecule has 1 rings (SSSR count). The quantitative estimate of drug-likeness (QED) is 0.812. The predicted molar refractivity (Wildman–Crippen MR) is 58.5 cm³/mol. The van der Waals surface area contributed by atoms with Crippen LogP contribution in [0.4, 0.5) is 26.3 Å². The lowest BCUT2D eigenvalue weighted by molar-refractivity contribution is -0.162. The monoisotopic (exact) mass is 285 g/mol. The summed E-state index contributed by atoms with van der Waals surface area (Å²) in [7, 11) is 1.41. The van der Waals surface area contributed by atoms with Crippen LogP contribution in [-0.4, -0.2) is 7.05 Å². The number of halogens is 6. The lowest BCUT2D eigenvalue weighted by Crippen LogP contribution is -2.24. The summed E-state index contributed by atoms with van der Waals surface area (Å²) in [4.78, 5) is 0. The molecule has 0 aliphatic rings. The van der Waals surface area contributed by atoms with Crippen LogP contribution in [0.2, 0.25) is 0 Å². The summed E-state index contributed by atoms with van der Waals surface area (Å²) < 4.78 is 77.0. The van der Waals surface area contributed by atoms with Crippen molar-refractivity contribution in [3.05, 3.63) is 34.9 Å². The van der Waals surface area contributed by atoms with Crippen molar-refractivity contribution < 1.29 is 26.3 Å². The van der Waals surface area contributed by atoms with Crippen LogP contribution in [0.3, 0.4) is 0 Å². The van der Waals surface area contributed by atoms with E-state index in [1.807, 2.05) is 0 Å². The minimum Gasteiger partial charge on any atom is -0.313 e. The highest BCUT2D eigenvalue weighted by molar-refractivity contribution is 5.41. The number of hydrogen-bond acceptors (Lipinski definition) is 1. The van der Waals surface area contributed by atoms with Crippen LogP contribution in [0.5, 0.6) is 0 Å². The Bertz CT molecular complexity index is 431. The van der Waals surface area contributed by atoms with Crippen LogP contribution >= 0.6 is 0 Å². The van der Waals surface area contributed by atoms with Crippen LogP contribution in [0.1, 0.15) is 36.1 Å². The number of alkyl halides is 6.